The van der Waals surface area contributed by atoms with Gasteiger partial charge in [0.25, 0.3) is 11.8 Å². The summed E-state index contributed by atoms with van der Waals surface area (Å²) in [5.41, 5.74) is 3.02. The zero-order valence-corrected chi connectivity index (χ0v) is 23.7. The number of hydrogen-bond acceptors (Lipinski definition) is 10. The van der Waals surface area contributed by atoms with Crippen molar-refractivity contribution in [1.82, 2.24) is 5.43 Å². The van der Waals surface area contributed by atoms with Gasteiger partial charge in [-0.05, 0) is 54.6 Å². The SMILES string of the molecule is COc1cc(C(=O)Oc2c(/C=N/NC(=O)c3ccc(NC(=O)c4ccccc4)cc3)cccc2[N+](=O)[O-])cc(OC)c1OC. The third-order valence-corrected chi connectivity index (χ3v) is 6.13. The van der Waals surface area contributed by atoms with E-state index in [1.54, 1.807) is 42.5 Å². The van der Waals surface area contributed by atoms with Gasteiger partial charge in [0.15, 0.2) is 11.5 Å². The van der Waals surface area contributed by atoms with Crippen LogP contribution in [0.25, 0.3) is 0 Å². The zero-order valence-electron chi connectivity index (χ0n) is 23.7. The predicted octanol–water partition coefficient (Wildman–Crippen LogP) is 4.86. The highest BCUT2D eigenvalue weighted by Gasteiger charge is 2.24. The number of carbonyl (C=O) groups excluding carboxylic acids is 3. The van der Waals surface area contributed by atoms with Crippen molar-refractivity contribution in [2.24, 2.45) is 5.10 Å². The summed E-state index contributed by atoms with van der Waals surface area (Å²) in [5, 5.41) is 18.4. The maximum Gasteiger partial charge on any atom is 0.344 e. The maximum absolute atomic E-state index is 13.1. The van der Waals surface area contributed by atoms with E-state index >= 15 is 0 Å². The van der Waals surface area contributed by atoms with E-state index in [0.29, 0.717) is 11.3 Å². The lowest BCUT2D eigenvalue weighted by molar-refractivity contribution is -0.385. The molecule has 4 aromatic rings. The number of carbonyl (C=O) groups is 3. The molecule has 44 heavy (non-hydrogen) atoms. The fourth-order valence-corrected chi connectivity index (χ4v) is 3.97. The van der Waals surface area contributed by atoms with Crippen molar-refractivity contribution in [2.75, 3.05) is 26.6 Å². The van der Waals surface area contributed by atoms with E-state index in [0.717, 1.165) is 12.3 Å². The molecule has 0 saturated heterocycles. The van der Waals surface area contributed by atoms with Crippen LogP contribution in [0.3, 0.4) is 0 Å². The number of amides is 2. The van der Waals surface area contributed by atoms with Gasteiger partial charge in [-0.25, -0.2) is 10.2 Å². The van der Waals surface area contributed by atoms with Crippen LogP contribution in [-0.4, -0.2) is 50.3 Å². The molecule has 13 nitrogen and oxygen atoms in total. The topological polar surface area (TPSA) is 168 Å². The molecule has 2 N–H and O–H groups in total. The van der Waals surface area contributed by atoms with E-state index in [4.69, 9.17) is 18.9 Å². The molecule has 0 aromatic heterocycles. The van der Waals surface area contributed by atoms with Gasteiger partial charge in [-0.2, -0.15) is 5.10 Å². The number of ether oxygens (including phenoxy) is 4. The highest BCUT2D eigenvalue weighted by molar-refractivity contribution is 6.04. The number of para-hydroxylation sites is 1. The summed E-state index contributed by atoms with van der Waals surface area (Å²) in [6.07, 6.45) is 1.11. The van der Waals surface area contributed by atoms with Crippen molar-refractivity contribution in [3.63, 3.8) is 0 Å². The summed E-state index contributed by atoms with van der Waals surface area (Å²) in [6.45, 7) is 0. The van der Waals surface area contributed by atoms with Crippen LogP contribution < -0.4 is 29.7 Å². The van der Waals surface area contributed by atoms with E-state index in [1.165, 1.54) is 57.7 Å². The Morgan fingerprint density at radius 3 is 1.98 bits per heavy atom. The molecule has 0 atom stereocenters. The lowest BCUT2D eigenvalue weighted by atomic mass is 10.1. The fourth-order valence-electron chi connectivity index (χ4n) is 3.97. The average molecular weight is 599 g/mol. The zero-order chi connectivity index (χ0) is 31.6. The molecule has 0 aliphatic carbocycles. The molecule has 0 bridgehead atoms. The first-order valence-corrected chi connectivity index (χ1v) is 12.8. The van der Waals surface area contributed by atoms with Crippen molar-refractivity contribution in [3.8, 4) is 23.0 Å². The number of hydrazone groups is 1. The van der Waals surface area contributed by atoms with E-state index in [-0.39, 0.29) is 39.8 Å². The number of hydrogen-bond donors (Lipinski definition) is 2. The minimum absolute atomic E-state index is 0.0303. The Balaban J connectivity index is 1.49. The van der Waals surface area contributed by atoms with Gasteiger partial charge in [0.2, 0.25) is 11.5 Å². The second-order valence-corrected chi connectivity index (χ2v) is 8.85. The predicted molar refractivity (Wildman–Crippen MR) is 160 cm³/mol. The van der Waals surface area contributed by atoms with Crippen LogP contribution in [0.1, 0.15) is 36.6 Å². The number of nitro groups is 1. The molecule has 2 amide bonds. The first-order chi connectivity index (χ1) is 21.2. The average Bonchev–Trinajstić information content (AvgIpc) is 3.05. The normalized spacial score (nSPS) is 10.5. The van der Waals surface area contributed by atoms with Crippen LogP contribution in [0.2, 0.25) is 0 Å². The van der Waals surface area contributed by atoms with Crippen LogP contribution in [0, 0.1) is 10.1 Å². The Morgan fingerprint density at radius 2 is 1.39 bits per heavy atom. The number of nitro benzene ring substituents is 1. The standard InChI is InChI=1S/C31H26N4O9/c1-41-25-16-22(17-26(42-2)28(25)43-3)31(38)44-27-21(10-7-11-24(27)35(39)40)18-32-34-30(37)20-12-14-23(15-13-20)33-29(36)19-8-5-4-6-9-19/h4-18H,1-3H3,(H,33,36)(H,34,37)/b32-18+. The first kappa shape index (κ1) is 30.7. The minimum atomic E-state index is -0.948. The maximum atomic E-state index is 13.1. The van der Waals surface area contributed by atoms with E-state index in [2.05, 4.69) is 15.8 Å². The Morgan fingerprint density at radius 1 is 0.750 bits per heavy atom. The number of benzene rings is 4. The molecule has 0 saturated carbocycles. The number of anilines is 1. The number of nitrogens with one attached hydrogen (secondary N) is 2. The summed E-state index contributed by atoms with van der Waals surface area (Å²) in [5.74, 6) is -1.64. The van der Waals surface area contributed by atoms with Gasteiger partial charge in [0, 0.05) is 28.4 Å². The van der Waals surface area contributed by atoms with Crippen LogP contribution in [0.4, 0.5) is 11.4 Å². The Labute approximate surface area is 251 Å². The van der Waals surface area contributed by atoms with Crippen molar-refractivity contribution in [1.29, 1.82) is 0 Å². The molecule has 0 radical (unpaired) electrons. The Hall–Kier alpha value is -6.24. The lowest BCUT2D eigenvalue weighted by Gasteiger charge is -2.14. The highest BCUT2D eigenvalue weighted by Crippen LogP contribution is 2.39. The molecule has 4 rings (SSSR count). The van der Waals surface area contributed by atoms with Gasteiger partial charge >= 0.3 is 11.7 Å². The molecule has 0 aliphatic heterocycles. The summed E-state index contributed by atoms with van der Waals surface area (Å²) in [7, 11) is 4.14. The lowest BCUT2D eigenvalue weighted by Crippen LogP contribution is -2.18. The van der Waals surface area contributed by atoms with Crippen molar-refractivity contribution in [2.45, 2.75) is 0 Å². The van der Waals surface area contributed by atoms with Crippen LogP contribution in [0.15, 0.2) is 90.0 Å². The van der Waals surface area contributed by atoms with Crippen molar-refractivity contribution >= 4 is 35.4 Å². The smallest absolute Gasteiger partial charge is 0.344 e. The fraction of sp³-hybridized carbons (Fsp3) is 0.0968. The number of esters is 1. The second kappa shape index (κ2) is 14.1. The van der Waals surface area contributed by atoms with Crippen molar-refractivity contribution < 1.29 is 38.3 Å². The van der Waals surface area contributed by atoms with Crippen molar-refractivity contribution in [3.05, 3.63) is 117 Å². The molecule has 0 heterocycles. The summed E-state index contributed by atoms with van der Waals surface area (Å²) >= 11 is 0. The van der Waals surface area contributed by atoms with Crippen LogP contribution in [-0.2, 0) is 0 Å². The summed E-state index contributed by atoms with van der Waals surface area (Å²) in [6, 6.07) is 21.4. The monoisotopic (exact) mass is 598 g/mol. The molecule has 0 spiro atoms. The van der Waals surface area contributed by atoms with Gasteiger partial charge < -0.3 is 24.3 Å². The number of methoxy groups -OCH3 is 3. The Kier molecular flexibility index (Phi) is 9.84. The quantitative estimate of drug-likeness (QED) is 0.0806. The molecule has 0 fully saturated rings. The largest absolute Gasteiger partial charge is 0.493 e. The molecule has 13 heteroatoms. The number of nitrogens with zero attached hydrogens (tertiary/aromatic N) is 2. The van der Waals surface area contributed by atoms with E-state index in [1.807, 2.05) is 0 Å². The third kappa shape index (κ3) is 7.15. The van der Waals surface area contributed by atoms with Gasteiger partial charge in [0.05, 0.1) is 38.0 Å². The Bertz CT molecular complexity index is 1700. The molecule has 224 valence electrons. The van der Waals surface area contributed by atoms with Gasteiger partial charge in [-0.1, -0.05) is 24.3 Å². The van der Waals surface area contributed by atoms with Crippen LogP contribution in [0.5, 0.6) is 23.0 Å². The van der Waals surface area contributed by atoms with Crippen LogP contribution >= 0.6 is 0 Å². The first-order valence-electron chi connectivity index (χ1n) is 12.8. The van der Waals surface area contributed by atoms with Gasteiger partial charge in [-0.15, -0.1) is 0 Å². The summed E-state index contributed by atoms with van der Waals surface area (Å²) < 4.78 is 21.2. The highest BCUT2D eigenvalue weighted by atomic mass is 16.6. The van der Waals surface area contributed by atoms with Gasteiger partial charge in [-0.3, -0.25) is 19.7 Å². The molecule has 0 aliphatic rings. The third-order valence-electron chi connectivity index (χ3n) is 6.13. The molecular formula is C31H26N4O9. The van der Waals surface area contributed by atoms with E-state index in [9.17, 15) is 24.5 Å². The molecule has 4 aromatic carbocycles. The number of rotatable bonds is 11. The van der Waals surface area contributed by atoms with E-state index < -0.39 is 28.2 Å². The summed E-state index contributed by atoms with van der Waals surface area (Å²) in [4.78, 5) is 49.1. The second-order valence-electron chi connectivity index (χ2n) is 8.85. The molecule has 0 unspecified atom stereocenters. The molecular weight excluding hydrogens is 572 g/mol. The van der Waals surface area contributed by atoms with Gasteiger partial charge in [0.1, 0.15) is 0 Å². The minimum Gasteiger partial charge on any atom is -0.493 e.